The summed E-state index contributed by atoms with van der Waals surface area (Å²) in [4.78, 5) is 0. The normalized spacial score (nSPS) is 18.8. The summed E-state index contributed by atoms with van der Waals surface area (Å²) >= 11 is 0. The Bertz CT molecular complexity index is 546. The number of nitrogens with one attached hydrogen (secondary N) is 1. The molecule has 1 unspecified atom stereocenters. The molecule has 90 valence electrons. The van der Waals surface area contributed by atoms with Crippen LogP contribution in [0.15, 0.2) is 66.7 Å². The third-order valence-corrected chi connectivity index (χ3v) is 3.07. The van der Waals surface area contributed by atoms with Crippen LogP contribution in [0, 0.1) is 0 Å². The van der Waals surface area contributed by atoms with Crippen LogP contribution in [0.2, 0.25) is 0 Å². The second-order valence-electron chi connectivity index (χ2n) is 4.51. The maximum atomic E-state index is 3.46. The molecule has 1 aliphatic heterocycles. The average molecular weight is 236 g/mol. The molecule has 0 aliphatic carbocycles. The van der Waals surface area contributed by atoms with E-state index >= 15 is 0 Å². The van der Waals surface area contributed by atoms with Gasteiger partial charge in [0.1, 0.15) is 0 Å². The van der Waals surface area contributed by atoms with Crippen molar-refractivity contribution in [2.24, 2.45) is 0 Å². The quantitative estimate of drug-likeness (QED) is 0.859. The lowest BCUT2D eigenvalue weighted by atomic mass is 10.1. The summed E-state index contributed by atoms with van der Waals surface area (Å²) in [6.45, 7) is 2.16. The van der Waals surface area contributed by atoms with E-state index < -0.39 is 0 Å². The molecule has 0 fully saturated rings. The Morgan fingerprint density at radius 1 is 0.889 bits per heavy atom. The summed E-state index contributed by atoms with van der Waals surface area (Å²) in [5.74, 6) is 0. The average Bonchev–Trinajstić information content (AvgIpc) is 2.83. The van der Waals surface area contributed by atoms with E-state index in [0.717, 1.165) is 5.69 Å². The molecular formula is C16H16N2. The minimum Gasteiger partial charge on any atom is -0.276 e. The fourth-order valence-corrected chi connectivity index (χ4v) is 2.25. The van der Waals surface area contributed by atoms with Gasteiger partial charge in [0.15, 0.2) is 0 Å². The second-order valence-corrected chi connectivity index (χ2v) is 4.51. The highest BCUT2D eigenvalue weighted by Crippen LogP contribution is 2.28. The topological polar surface area (TPSA) is 15.3 Å². The minimum absolute atomic E-state index is 0.348. The highest BCUT2D eigenvalue weighted by atomic mass is 15.5. The molecule has 0 saturated carbocycles. The number of nitrogens with zero attached hydrogens (tertiary/aromatic N) is 1. The van der Waals surface area contributed by atoms with Gasteiger partial charge in [0.25, 0.3) is 0 Å². The third kappa shape index (κ3) is 2.03. The Hall–Kier alpha value is -2.06. The van der Waals surface area contributed by atoms with Crippen LogP contribution in [0.25, 0.3) is 5.70 Å². The van der Waals surface area contributed by atoms with Crippen molar-refractivity contribution < 1.29 is 0 Å². The van der Waals surface area contributed by atoms with Crippen LogP contribution in [0.1, 0.15) is 12.5 Å². The lowest BCUT2D eigenvalue weighted by molar-refractivity contribution is 0.686. The number of rotatable bonds is 2. The number of para-hydroxylation sites is 1. The van der Waals surface area contributed by atoms with E-state index in [1.54, 1.807) is 0 Å². The Balaban J connectivity index is 1.99. The fraction of sp³-hybridized carbons (Fsp3) is 0.125. The van der Waals surface area contributed by atoms with Crippen LogP contribution in [-0.2, 0) is 0 Å². The molecule has 2 aromatic carbocycles. The Morgan fingerprint density at radius 3 is 2.17 bits per heavy atom. The van der Waals surface area contributed by atoms with Crippen molar-refractivity contribution in [1.82, 2.24) is 5.43 Å². The van der Waals surface area contributed by atoms with Crippen molar-refractivity contribution in [3.8, 4) is 0 Å². The van der Waals surface area contributed by atoms with Gasteiger partial charge in [-0.2, -0.15) is 0 Å². The molecule has 0 spiro atoms. The van der Waals surface area contributed by atoms with E-state index in [2.05, 4.69) is 72.0 Å². The van der Waals surface area contributed by atoms with Gasteiger partial charge in [0.2, 0.25) is 0 Å². The maximum absolute atomic E-state index is 3.46. The summed E-state index contributed by atoms with van der Waals surface area (Å²) < 4.78 is 0. The zero-order valence-corrected chi connectivity index (χ0v) is 10.4. The second kappa shape index (κ2) is 4.67. The van der Waals surface area contributed by atoms with Gasteiger partial charge in [-0.1, -0.05) is 48.5 Å². The first-order valence-electron chi connectivity index (χ1n) is 6.23. The molecule has 0 radical (unpaired) electrons. The van der Waals surface area contributed by atoms with E-state index in [1.807, 2.05) is 12.1 Å². The summed E-state index contributed by atoms with van der Waals surface area (Å²) in [6, 6.07) is 21.2. The van der Waals surface area contributed by atoms with Crippen LogP contribution < -0.4 is 10.4 Å². The molecule has 2 nitrogen and oxygen atoms in total. The number of benzene rings is 2. The van der Waals surface area contributed by atoms with Gasteiger partial charge in [-0.15, -0.1) is 0 Å². The third-order valence-electron chi connectivity index (χ3n) is 3.07. The number of hydrogen-bond donors (Lipinski definition) is 1. The highest BCUT2D eigenvalue weighted by Gasteiger charge is 2.21. The van der Waals surface area contributed by atoms with Crippen molar-refractivity contribution in [2.75, 3.05) is 5.01 Å². The van der Waals surface area contributed by atoms with Crippen LogP contribution in [0.4, 0.5) is 5.69 Å². The first kappa shape index (κ1) is 11.1. The first-order valence-corrected chi connectivity index (χ1v) is 6.23. The largest absolute Gasteiger partial charge is 0.276 e. The lowest BCUT2D eigenvalue weighted by Crippen LogP contribution is -2.35. The van der Waals surface area contributed by atoms with Crippen LogP contribution in [-0.4, -0.2) is 6.04 Å². The van der Waals surface area contributed by atoms with Crippen LogP contribution >= 0.6 is 0 Å². The summed E-state index contributed by atoms with van der Waals surface area (Å²) in [5, 5.41) is 2.15. The molecule has 0 bridgehead atoms. The highest BCUT2D eigenvalue weighted by molar-refractivity contribution is 5.80. The van der Waals surface area contributed by atoms with E-state index in [4.69, 9.17) is 0 Å². The molecule has 2 heteroatoms. The molecule has 2 aromatic rings. The first-order chi connectivity index (χ1) is 8.84. The van der Waals surface area contributed by atoms with Crippen molar-refractivity contribution in [2.45, 2.75) is 13.0 Å². The van der Waals surface area contributed by atoms with Crippen LogP contribution in [0.5, 0.6) is 0 Å². The number of anilines is 1. The predicted molar refractivity (Wildman–Crippen MR) is 75.9 cm³/mol. The molecule has 0 saturated heterocycles. The molecule has 1 aliphatic rings. The number of hydrazine groups is 1. The molecule has 1 N–H and O–H groups in total. The smallest absolute Gasteiger partial charge is 0.0626 e. The molecule has 0 aromatic heterocycles. The minimum atomic E-state index is 0.348. The molecule has 0 amide bonds. The van der Waals surface area contributed by atoms with Gasteiger partial charge < -0.3 is 0 Å². The van der Waals surface area contributed by atoms with Gasteiger partial charge in [0, 0.05) is 6.04 Å². The standard InChI is InChI=1S/C16H16N2/c1-13-12-16(14-8-4-2-5-9-14)18(17-13)15-10-6-3-7-11-15/h2-13,17H,1H3. The summed E-state index contributed by atoms with van der Waals surface area (Å²) in [7, 11) is 0. The van der Waals surface area contributed by atoms with Gasteiger partial charge >= 0.3 is 0 Å². The summed E-state index contributed by atoms with van der Waals surface area (Å²) in [6.07, 6.45) is 2.25. The molecule has 1 heterocycles. The number of hydrogen-bond acceptors (Lipinski definition) is 2. The van der Waals surface area contributed by atoms with Gasteiger partial charge in [-0.25, -0.2) is 5.43 Å². The van der Waals surface area contributed by atoms with Crippen molar-refractivity contribution >= 4 is 11.4 Å². The summed E-state index contributed by atoms with van der Waals surface area (Å²) in [5.41, 5.74) is 7.07. The van der Waals surface area contributed by atoms with Gasteiger partial charge in [-0.3, -0.25) is 5.01 Å². The van der Waals surface area contributed by atoms with Gasteiger partial charge in [0.05, 0.1) is 11.4 Å². The molecule has 1 atom stereocenters. The SMILES string of the molecule is CC1C=C(c2ccccc2)N(c2ccccc2)N1. The molecule has 3 rings (SSSR count). The van der Waals surface area contributed by atoms with E-state index in [9.17, 15) is 0 Å². The zero-order valence-electron chi connectivity index (χ0n) is 10.4. The monoisotopic (exact) mass is 236 g/mol. The van der Waals surface area contributed by atoms with Crippen molar-refractivity contribution in [3.63, 3.8) is 0 Å². The Kier molecular flexibility index (Phi) is 2.87. The van der Waals surface area contributed by atoms with E-state index in [1.165, 1.54) is 11.3 Å². The Labute approximate surface area is 108 Å². The lowest BCUT2D eigenvalue weighted by Gasteiger charge is -2.23. The van der Waals surface area contributed by atoms with E-state index in [-0.39, 0.29) is 0 Å². The molecular weight excluding hydrogens is 220 g/mol. The van der Waals surface area contributed by atoms with Gasteiger partial charge in [-0.05, 0) is 30.7 Å². The van der Waals surface area contributed by atoms with Crippen molar-refractivity contribution in [3.05, 3.63) is 72.3 Å². The van der Waals surface area contributed by atoms with Crippen molar-refractivity contribution in [1.29, 1.82) is 0 Å². The predicted octanol–water partition coefficient (Wildman–Crippen LogP) is 3.44. The fourth-order valence-electron chi connectivity index (χ4n) is 2.25. The maximum Gasteiger partial charge on any atom is 0.0626 e. The molecule has 18 heavy (non-hydrogen) atoms. The van der Waals surface area contributed by atoms with Crippen LogP contribution in [0.3, 0.4) is 0 Å². The zero-order chi connectivity index (χ0) is 12.4. The Morgan fingerprint density at radius 2 is 1.50 bits per heavy atom. The van der Waals surface area contributed by atoms with E-state index in [0.29, 0.717) is 6.04 Å².